The van der Waals surface area contributed by atoms with Crippen molar-refractivity contribution in [3.63, 3.8) is 0 Å². The van der Waals surface area contributed by atoms with Crippen molar-refractivity contribution in [2.24, 2.45) is 5.41 Å². The molecule has 1 aliphatic heterocycles. The Hall–Kier alpha value is -2.49. The highest BCUT2D eigenvalue weighted by Crippen LogP contribution is 2.32. The Labute approximate surface area is 184 Å². The quantitative estimate of drug-likeness (QED) is 0.646. The summed E-state index contributed by atoms with van der Waals surface area (Å²) in [4.78, 5) is 25.7. The van der Waals surface area contributed by atoms with E-state index in [0.29, 0.717) is 35.0 Å². The fraction of sp³-hybridized carbons (Fsp3) is 0.476. The smallest absolute Gasteiger partial charge is 0.343 e. The van der Waals surface area contributed by atoms with Crippen molar-refractivity contribution in [1.29, 1.82) is 0 Å². The van der Waals surface area contributed by atoms with E-state index in [1.807, 2.05) is 20.8 Å². The number of ether oxygens (including phenoxy) is 1. The SMILES string of the molecule is CC(C)(C)C(NC(=O)n1nc(-c2cc(Cl)ccc2F)c2c1COCC2)C(=O)NCCO. The van der Waals surface area contributed by atoms with Crippen molar-refractivity contribution in [3.8, 4) is 11.3 Å². The maximum absolute atomic E-state index is 14.5. The van der Waals surface area contributed by atoms with Crippen molar-refractivity contribution >= 4 is 23.5 Å². The number of fused-ring (bicyclic) bond motifs is 1. The summed E-state index contributed by atoms with van der Waals surface area (Å²) in [5.41, 5.74) is 1.12. The minimum atomic E-state index is -0.887. The summed E-state index contributed by atoms with van der Waals surface area (Å²) in [6, 6.07) is 2.65. The molecule has 1 aromatic carbocycles. The Morgan fingerprint density at radius 2 is 2.13 bits per heavy atom. The number of aliphatic hydroxyl groups excluding tert-OH is 1. The van der Waals surface area contributed by atoms with E-state index in [9.17, 15) is 14.0 Å². The lowest BCUT2D eigenvalue weighted by Gasteiger charge is -2.30. The van der Waals surface area contributed by atoms with E-state index in [0.717, 1.165) is 4.68 Å². The summed E-state index contributed by atoms with van der Waals surface area (Å²) in [5, 5.41) is 19.0. The number of amides is 2. The van der Waals surface area contributed by atoms with Gasteiger partial charge in [-0.3, -0.25) is 4.79 Å². The van der Waals surface area contributed by atoms with Gasteiger partial charge in [0.05, 0.1) is 31.2 Å². The number of carbonyl (C=O) groups excluding carboxylic acids is 2. The van der Waals surface area contributed by atoms with Gasteiger partial charge >= 0.3 is 6.03 Å². The molecule has 8 nitrogen and oxygen atoms in total. The highest BCUT2D eigenvalue weighted by Gasteiger charge is 2.34. The molecular weight excluding hydrogens is 427 g/mol. The Morgan fingerprint density at radius 3 is 2.81 bits per heavy atom. The minimum absolute atomic E-state index is 0.0739. The van der Waals surface area contributed by atoms with Crippen molar-refractivity contribution in [3.05, 3.63) is 40.3 Å². The zero-order valence-electron chi connectivity index (χ0n) is 17.7. The van der Waals surface area contributed by atoms with E-state index >= 15 is 0 Å². The Morgan fingerprint density at radius 1 is 1.39 bits per heavy atom. The average Bonchev–Trinajstić information content (AvgIpc) is 3.10. The third-order valence-electron chi connectivity index (χ3n) is 5.01. The van der Waals surface area contributed by atoms with E-state index in [1.54, 1.807) is 0 Å². The number of nitrogens with one attached hydrogen (secondary N) is 2. The Balaban J connectivity index is 1.98. The third-order valence-corrected chi connectivity index (χ3v) is 5.24. The van der Waals surface area contributed by atoms with Gasteiger partial charge in [-0.05, 0) is 30.0 Å². The maximum atomic E-state index is 14.5. The molecular formula is C21H26ClFN4O4. The van der Waals surface area contributed by atoms with Crippen LogP contribution in [-0.4, -0.2) is 52.6 Å². The van der Waals surface area contributed by atoms with Gasteiger partial charge in [0, 0.05) is 22.7 Å². The van der Waals surface area contributed by atoms with Crippen LogP contribution in [0.5, 0.6) is 0 Å². The van der Waals surface area contributed by atoms with Crippen LogP contribution in [0.25, 0.3) is 11.3 Å². The molecule has 0 aliphatic carbocycles. The van der Waals surface area contributed by atoms with Gasteiger partial charge in [-0.1, -0.05) is 32.4 Å². The number of hydrogen-bond acceptors (Lipinski definition) is 5. The van der Waals surface area contributed by atoms with Crippen LogP contribution < -0.4 is 10.6 Å². The topological polar surface area (TPSA) is 105 Å². The van der Waals surface area contributed by atoms with Crippen LogP contribution in [0.3, 0.4) is 0 Å². The first-order valence-electron chi connectivity index (χ1n) is 9.97. The van der Waals surface area contributed by atoms with Crippen LogP contribution in [0.4, 0.5) is 9.18 Å². The standard InChI is InChI=1S/C21H26ClFN4O4/c1-21(2,3)18(19(29)24-7-8-28)25-20(30)27-16-11-31-9-6-13(16)17(26-27)14-10-12(22)4-5-15(14)23/h4-5,10,18,28H,6-9,11H2,1-3H3,(H,24,29)(H,25,30). The summed E-state index contributed by atoms with van der Waals surface area (Å²) in [7, 11) is 0. The summed E-state index contributed by atoms with van der Waals surface area (Å²) in [6.45, 7) is 5.85. The summed E-state index contributed by atoms with van der Waals surface area (Å²) >= 11 is 6.05. The van der Waals surface area contributed by atoms with Gasteiger partial charge in [0.1, 0.15) is 11.9 Å². The van der Waals surface area contributed by atoms with Crippen LogP contribution in [0.1, 0.15) is 32.0 Å². The second-order valence-corrected chi connectivity index (χ2v) is 8.81. The highest BCUT2D eigenvalue weighted by molar-refractivity contribution is 6.30. The fourth-order valence-electron chi connectivity index (χ4n) is 3.44. The van der Waals surface area contributed by atoms with Gasteiger partial charge in [-0.15, -0.1) is 0 Å². The van der Waals surface area contributed by atoms with Crippen LogP contribution in [-0.2, 0) is 22.6 Å². The predicted octanol–water partition coefficient (Wildman–Crippen LogP) is 2.50. The van der Waals surface area contributed by atoms with Crippen molar-refractivity contribution in [2.75, 3.05) is 19.8 Å². The molecule has 2 amide bonds. The van der Waals surface area contributed by atoms with E-state index in [4.69, 9.17) is 21.4 Å². The molecule has 0 saturated carbocycles. The number of nitrogens with zero attached hydrogens (tertiary/aromatic N) is 2. The molecule has 1 atom stereocenters. The first kappa shape index (κ1) is 23.2. The van der Waals surface area contributed by atoms with Gasteiger partial charge in [0.2, 0.25) is 5.91 Å². The predicted molar refractivity (Wildman–Crippen MR) is 113 cm³/mol. The molecule has 1 unspecified atom stereocenters. The molecule has 1 aromatic heterocycles. The van der Waals surface area contributed by atoms with Gasteiger partial charge in [0.25, 0.3) is 0 Å². The lowest BCUT2D eigenvalue weighted by molar-refractivity contribution is -0.125. The second-order valence-electron chi connectivity index (χ2n) is 8.38. The molecule has 2 aromatic rings. The molecule has 0 fully saturated rings. The number of benzene rings is 1. The molecule has 0 saturated heterocycles. The molecule has 168 valence electrons. The monoisotopic (exact) mass is 452 g/mol. The molecule has 0 spiro atoms. The number of aromatic nitrogens is 2. The number of rotatable bonds is 5. The third kappa shape index (κ3) is 5.06. The van der Waals surface area contributed by atoms with E-state index < -0.39 is 29.2 Å². The minimum Gasteiger partial charge on any atom is -0.395 e. The number of halogens is 2. The highest BCUT2D eigenvalue weighted by atomic mass is 35.5. The summed E-state index contributed by atoms with van der Waals surface area (Å²) in [5.74, 6) is -0.923. The first-order valence-corrected chi connectivity index (χ1v) is 10.3. The number of aliphatic hydroxyl groups is 1. The average molecular weight is 453 g/mol. The molecule has 1 aliphatic rings. The van der Waals surface area contributed by atoms with Gasteiger partial charge in [-0.25, -0.2) is 9.18 Å². The molecule has 10 heteroatoms. The van der Waals surface area contributed by atoms with E-state index in [2.05, 4.69) is 15.7 Å². The zero-order valence-corrected chi connectivity index (χ0v) is 18.4. The van der Waals surface area contributed by atoms with Crippen LogP contribution in [0.15, 0.2) is 18.2 Å². The van der Waals surface area contributed by atoms with Crippen molar-refractivity contribution in [1.82, 2.24) is 20.4 Å². The zero-order chi connectivity index (χ0) is 22.8. The number of carbonyl (C=O) groups is 2. The largest absolute Gasteiger partial charge is 0.395 e. The van der Waals surface area contributed by atoms with Crippen LogP contribution >= 0.6 is 11.6 Å². The Bertz CT molecular complexity index is 986. The molecule has 31 heavy (non-hydrogen) atoms. The molecule has 0 bridgehead atoms. The fourth-order valence-corrected chi connectivity index (χ4v) is 3.62. The van der Waals surface area contributed by atoms with Crippen molar-refractivity contribution in [2.45, 2.75) is 39.8 Å². The molecule has 3 rings (SSSR count). The summed E-state index contributed by atoms with van der Waals surface area (Å²) < 4.78 is 21.1. The van der Waals surface area contributed by atoms with E-state index in [1.165, 1.54) is 18.2 Å². The normalized spacial score (nSPS) is 14.6. The first-order chi connectivity index (χ1) is 14.6. The van der Waals surface area contributed by atoms with Crippen LogP contribution in [0, 0.1) is 11.2 Å². The lowest BCUT2D eigenvalue weighted by Crippen LogP contribution is -2.55. The lowest BCUT2D eigenvalue weighted by atomic mass is 9.86. The van der Waals surface area contributed by atoms with Gasteiger partial charge < -0.3 is 20.5 Å². The molecule has 3 N–H and O–H groups in total. The number of hydrogen-bond donors (Lipinski definition) is 3. The summed E-state index contributed by atoms with van der Waals surface area (Å²) in [6.07, 6.45) is 0.462. The molecule has 2 heterocycles. The van der Waals surface area contributed by atoms with Crippen LogP contribution in [0.2, 0.25) is 5.02 Å². The maximum Gasteiger partial charge on any atom is 0.343 e. The Kier molecular flexibility index (Phi) is 6.98. The van der Waals surface area contributed by atoms with E-state index in [-0.39, 0.29) is 25.3 Å². The molecule has 0 radical (unpaired) electrons. The van der Waals surface area contributed by atoms with Gasteiger partial charge in [0.15, 0.2) is 0 Å². The second kappa shape index (κ2) is 9.33. The van der Waals surface area contributed by atoms with Crippen molar-refractivity contribution < 1.29 is 23.8 Å². The van der Waals surface area contributed by atoms with Gasteiger partial charge in [-0.2, -0.15) is 9.78 Å².